The topological polar surface area (TPSA) is 106 Å². The molecule has 1 N–H and O–H groups in total. The second-order valence-corrected chi connectivity index (χ2v) is 4.06. The minimum absolute atomic E-state index is 0.0569. The summed E-state index contributed by atoms with van der Waals surface area (Å²) in [7, 11) is 1.12. The van der Waals surface area contributed by atoms with Gasteiger partial charge in [0.1, 0.15) is 13.1 Å². The Morgan fingerprint density at radius 1 is 1.43 bits per heavy atom. The van der Waals surface area contributed by atoms with Gasteiger partial charge >= 0.3 is 18.0 Å². The lowest BCUT2D eigenvalue weighted by molar-refractivity contribution is -0.391. The van der Waals surface area contributed by atoms with E-state index in [1.54, 1.807) is 0 Å². The molecule has 0 atom stereocenters. The number of amides is 1. The smallest absolute Gasteiger partial charge is 0.406 e. The zero-order valence-electron chi connectivity index (χ0n) is 10.6. The minimum Gasteiger partial charge on any atom is -0.480 e. The van der Waals surface area contributed by atoms with Crippen molar-refractivity contribution in [2.45, 2.75) is 6.18 Å². The van der Waals surface area contributed by atoms with E-state index in [0.29, 0.717) is 0 Å². The molecule has 0 radical (unpaired) electrons. The first-order valence-electron chi connectivity index (χ1n) is 5.41. The van der Waals surface area contributed by atoms with Crippen molar-refractivity contribution in [3.8, 4) is 0 Å². The van der Waals surface area contributed by atoms with Gasteiger partial charge in [0.25, 0.3) is 5.91 Å². The third-order valence-electron chi connectivity index (χ3n) is 2.48. The zero-order valence-corrected chi connectivity index (χ0v) is 10.6. The monoisotopic (exact) mass is 309 g/mol. The molecular formula is C10H10F3N3O5. The summed E-state index contributed by atoms with van der Waals surface area (Å²) in [5, 5.41) is 19.2. The number of aromatic nitrogens is 1. The summed E-state index contributed by atoms with van der Waals surface area (Å²) < 4.78 is 37.9. The third-order valence-corrected chi connectivity index (χ3v) is 2.48. The minimum atomic E-state index is -4.79. The molecule has 0 bridgehead atoms. The molecule has 0 spiro atoms. The highest BCUT2D eigenvalue weighted by Gasteiger charge is 2.36. The van der Waals surface area contributed by atoms with Gasteiger partial charge in [-0.1, -0.05) is 0 Å². The van der Waals surface area contributed by atoms with Crippen LogP contribution in [0.5, 0.6) is 0 Å². The molecule has 11 heteroatoms. The van der Waals surface area contributed by atoms with Gasteiger partial charge in [-0.3, -0.25) is 9.59 Å². The van der Waals surface area contributed by atoms with E-state index in [2.05, 4.69) is 0 Å². The van der Waals surface area contributed by atoms with Gasteiger partial charge in [0.15, 0.2) is 5.69 Å². The highest BCUT2D eigenvalue weighted by Crippen LogP contribution is 2.20. The largest absolute Gasteiger partial charge is 0.480 e. The molecule has 1 rings (SSSR count). The molecule has 0 fully saturated rings. The molecule has 0 aromatic carbocycles. The molecule has 1 amide bonds. The number of carbonyl (C=O) groups excluding carboxylic acids is 1. The SMILES string of the molecule is Cn1c(C(=O)N(CC(=O)O)CC(F)(F)F)ccc1[N+](=O)[O-]. The van der Waals surface area contributed by atoms with Crippen LogP contribution in [0.25, 0.3) is 0 Å². The van der Waals surface area contributed by atoms with E-state index in [0.717, 1.165) is 23.7 Å². The van der Waals surface area contributed by atoms with E-state index in [1.165, 1.54) is 0 Å². The number of halogens is 3. The van der Waals surface area contributed by atoms with Crippen molar-refractivity contribution >= 4 is 17.7 Å². The summed E-state index contributed by atoms with van der Waals surface area (Å²) in [6.45, 7) is -2.94. The van der Waals surface area contributed by atoms with Crippen LogP contribution >= 0.6 is 0 Å². The van der Waals surface area contributed by atoms with Crippen LogP contribution in [0.3, 0.4) is 0 Å². The number of nitrogens with zero attached hydrogens (tertiary/aromatic N) is 3. The molecular weight excluding hydrogens is 299 g/mol. The fraction of sp³-hybridized carbons (Fsp3) is 0.400. The maximum absolute atomic E-state index is 12.4. The number of nitro groups is 1. The quantitative estimate of drug-likeness (QED) is 0.645. The first-order valence-corrected chi connectivity index (χ1v) is 5.41. The Morgan fingerprint density at radius 3 is 2.38 bits per heavy atom. The first kappa shape index (κ1) is 16.5. The molecule has 1 heterocycles. The molecule has 1 aromatic heterocycles. The molecule has 0 aliphatic heterocycles. The van der Waals surface area contributed by atoms with Crippen molar-refractivity contribution in [1.29, 1.82) is 0 Å². The Balaban J connectivity index is 3.10. The van der Waals surface area contributed by atoms with Gasteiger partial charge in [-0.05, 0) is 11.0 Å². The molecule has 116 valence electrons. The van der Waals surface area contributed by atoms with Gasteiger partial charge in [0.2, 0.25) is 0 Å². The van der Waals surface area contributed by atoms with Crippen molar-refractivity contribution in [1.82, 2.24) is 9.47 Å². The molecule has 1 aromatic rings. The van der Waals surface area contributed by atoms with Gasteiger partial charge in [-0.25, -0.2) is 4.57 Å². The summed E-state index contributed by atoms with van der Waals surface area (Å²) in [5.41, 5.74) is -0.410. The molecule has 21 heavy (non-hydrogen) atoms. The van der Waals surface area contributed by atoms with Crippen molar-refractivity contribution in [2.24, 2.45) is 7.05 Å². The number of carboxylic acids is 1. The van der Waals surface area contributed by atoms with Crippen molar-refractivity contribution < 1.29 is 32.8 Å². The molecule has 0 saturated heterocycles. The molecule has 0 saturated carbocycles. The number of alkyl halides is 3. The Bertz CT molecular complexity index is 581. The van der Waals surface area contributed by atoms with Crippen LogP contribution in [0.4, 0.5) is 19.0 Å². The maximum Gasteiger partial charge on any atom is 0.406 e. The predicted octanol–water partition coefficient (Wildman–Crippen LogP) is 1.02. The predicted molar refractivity (Wildman–Crippen MR) is 61.7 cm³/mol. The summed E-state index contributed by atoms with van der Waals surface area (Å²) in [6.07, 6.45) is -4.79. The lowest BCUT2D eigenvalue weighted by Crippen LogP contribution is -2.42. The standard InChI is InChI=1S/C10H10F3N3O5/c1-14-6(2-3-7(14)16(20)21)9(19)15(4-8(17)18)5-10(11,12)13/h2-3H,4-5H2,1H3,(H,17,18). The van der Waals surface area contributed by atoms with Gasteiger partial charge in [-0.15, -0.1) is 0 Å². The van der Waals surface area contributed by atoms with E-state index in [9.17, 15) is 32.9 Å². The number of carbonyl (C=O) groups is 2. The average Bonchev–Trinajstić information content (AvgIpc) is 2.66. The van der Waals surface area contributed by atoms with Crippen LogP contribution in [0, 0.1) is 10.1 Å². The zero-order chi connectivity index (χ0) is 16.4. The summed E-state index contributed by atoms with van der Waals surface area (Å²) >= 11 is 0. The lowest BCUT2D eigenvalue weighted by Gasteiger charge is -2.21. The van der Waals surface area contributed by atoms with Gasteiger partial charge in [0.05, 0.1) is 7.05 Å². The van der Waals surface area contributed by atoms with E-state index in [1.807, 2.05) is 0 Å². The number of hydrogen-bond acceptors (Lipinski definition) is 4. The van der Waals surface area contributed by atoms with Crippen molar-refractivity contribution in [3.05, 3.63) is 27.9 Å². The lowest BCUT2D eigenvalue weighted by atomic mass is 10.3. The Morgan fingerprint density at radius 2 is 2.00 bits per heavy atom. The highest BCUT2D eigenvalue weighted by atomic mass is 19.4. The van der Waals surface area contributed by atoms with Crippen LogP contribution in [-0.4, -0.2) is 50.6 Å². The average molecular weight is 309 g/mol. The summed E-state index contributed by atoms with van der Waals surface area (Å²) in [6, 6.07) is 1.91. The van der Waals surface area contributed by atoms with Gasteiger partial charge < -0.3 is 20.1 Å². The fourth-order valence-electron chi connectivity index (χ4n) is 1.64. The van der Waals surface area contributed by atoms with E-state index in [4.69, 9.17) is 5.11 Å². The highest BCUT2D eigenvalue weighted by molar-refractivity contribution is 5.95. The van der Waals surface area contributed by atoms with Crippen LogP contribution in [-0.2, 0) is 11.8 Å². The van der Waals surface area contributed by atoms with Crippen LogP contribution in [0.1, 0.15) is 10.5 Å². The summed E-state index contributed by atoms with van der Waals surface area (Å²) in [4.78, 5) is 32.3. The Labute approximate surface area is 115 Å². The Hall–Kier alpha value is -2.59. The van der Waals surface area contributed by atoms with Crippen LogP contribution in [0.2, 0.25) is 0 Å². The van der Waals surface area contributed by atoms with E-state index in [-0.39, 0.29) is 4.90 Å². The van der Waals surface area contributed by atoms with Gasteiger partial charge in [0, 0.05) is 6.07 Å². The molecule has 0 aliphatic rings. The van der Waals surface area contributed by atoms with Crippen molar-refractivity contribution in [2.75, 3.05) is 13.1 Å². The molecule has 0 aliphatic carbocycles. The first-order chi connectivity index (χ1) is 9.53. The van der Waals surface area contributed by atoms with E-state index < -0.39 is 47.6 Å². The third kappa shape index (κ3) is 4.19. The van der Waals surface area contributed by atoms with Crippen LogP contribution in [0.15, 0.2) is 12.1 Å². The van der Waals surface area contributed by atoms with Crippen LogP contribution < -0.4 is 0 Å². The summed E-state index contributed by atoms with van der Waals surface area (Å²) in [5.74, 6) is -3.39. The second kappa shape index (κ2) is 5.81. The van der Waals surface area contributed by atoms with Gasteiger partial charge in [-0.2, -0.15) is 13.2 Å². The number of rotatable bonds is 5. The molecule has 8 nitrogen and oxygen atoms in total. The number of carboxylic acid groups (broad SMARTS) is 1. The number of hydrogen-bond donors (Lipinski definition) is 1. The van der Waals surface area contributed by atoms with E-state index >= 15 is 0 Å². The molecule has 0 unspecified atom stereocenters. The normalized spacial score (nSPS) is 11.2. The number of aliphatic carboxylic acids is 1. The Kier molecular flexibility index (Phi) is 4.55. The van der Waals surface area contributed by atoms with Crippen molar-refractivity contribution in [3.63, 3.8) is 0 Å². The maximum atomic E-state index is 12.4. The second-order valence-electron chi connectivity index (χ2n) is 4.06. The fourth-order valence-corrected chi connectivity index (χ4v) is 1.64.